The number of fused-ring (bicyclic) bond motifs is 1. The molecule has 1 aromatic rings. The molecule has 2 rings (SSSR count). The first-order valence-electron chi connectivity index (χ1n) is 4.87. The molecule has 0 fully saturated rings. The fourth-order valence-corrected chi connectivity index (χ4v) is 2.31. The Bertz CT molecular complexity index is 392. The minimum absolute atomic E-state index is 0.0659. The molecule has 0 bridgehead atoms. The summed E-state index contributed by atoms with van der Waals surface area (Å²) in [4.78, 5) is 10.6. The van der Waals surface area contributed by atoms with Crippen molar-refractivity contribution in [3.63, 3.8) is 0 Å². The van der Waals surface area contributed by atoms with Gasteiger partial charge in [-0.2, -0.15) is 0 Å². The largest absolute Gasteiger partial charge is 0.481 e. The lowest BCUT2D eigenvalue weighted by Gasteiger charge is -2.25. The second-order valence-electron chi connectivity index (χ2n) is 3.79. The van der Waals surface area contributed by atoms with E-state index in [9.17, 15) is 4.79 Å². The quantitative estimate of drug-likeness (QED) is 0.863. The van der Waals surface area contributed by atoms with Crippen LogP contribution in [0, 0.1) is 0 Å². The van der Waals surface area contributed by atoms with Crippen molar-refractivity contribution >= 4 is 21.9 Å². The van der Waals surface area contributed by atoms with Crippen molar-refractivity contribution in [1.82, 2.24) is 5.32 Å². The Morgan fingerprint density at radius 2 is 2.33 bits per heavy atom. The predicted octanol–water partition coefficient (Wildman–Crippen LogP) is 1.94. The van der Waals surface area contributed by atoms with E-state index in [4.69, 9.17) is 5.11 Å². The van der Waals surface area contributed by atoms with E-state index in [-0.39, 0.29) is 12.5 Å². The summed E-state index contributed by atoms with van der Waals surface area (Å²) in [7, 11) is 0. The second kappa shape index (κ2) is 4.33. The molecule has 15 heavy (non-hydrogen) atoms. The average molecular weight is 270 g/mol. The summed E-state index contributed by atoms with van der Waals surface area (Å²) in [6.45, 7) is 0.757. The molecule has 1 aliphatic heterocycles. The number of hydrogen-bond acceptors (Lipinski definition) is 2. The van der Waals surface area contributed by atoms with Crippen LogP contribution in [0.5, 0.6) is 0 Å². The van der Waals surface area contributed by atoms with Gasteiger partial charge in [-0.3, -0.25) is 4.79 Å². The molecule has 1 unspecified atom stereocenters. The van der Waals surface area contributed by atoms with Gasteiger partial charge in [-0.15, -0.1) is 0 Å². The molecule has 1 heterocycles. The van der Waals surface area contributed by atoms with Crippen molar-refractivity contribution in [3.8, 4) is 0 Å². The number of hydrogen-bond donors (Lipinski definition) is 2. The van der Waals surface area contributed by atoms with E-state index in [0.717, 1.165) is 17.4 Å². The predicted molar refractivity (Wildman–Crippen MR) is 60.7 cm³/mol. The summed E-state index contributed by atoms with van der Waals surface area (Å²) in [6, 6.07) is 6.22. The molecule has 4 heteroatoms. The Kier molecular flexibility index (Phi) is 3.07. The Morgan fingerprint density at radius 1 is 1.53 bits per heavy atom. The summed E-state index contributed by atoms with van der Waals surface area (Å²) >= 11 is 3.42. The van der Waals surface area contributed by atoms with Crippen LogP contribution in [0.2, 0.25) is 0 Å². The number of rotatable bonds is 2. The normalized spacial score (nSPS) is 19.7. The lowest BCUT2D eigenvalue weighted by molar-refractivity contribution is -0.137. The smallest absolute Gasteiger partial charge is 0.304 e. The topological polar surface area (TPSA) is 49.3 Å². The van der Waals surface area contributed by atoms with Crippen LogP contribution in [0.25, 0.3) is 0 Å². The lowest BCUT2D eigenvalue weighted by atomic mass is 9.94. The fourth-order valence-electron chi connectivity index (χ4n) is 1.91. The highest BCUT2D eigenvalue weighted by molar-refractivity contribution is 9.10. The van der Waals surface area contributed by atoms with Crippen LogP contribution in [0.15, 0.2) is 22.7 Å². The second-order valence-corrected chi connectivity index (χ2v) is 4.71. The minimum atomic E-state index is -0.743. The van der Waals surface area contributed by atoms with Gasteiger partial charge < -0.3 is 10.4 Å². The molecule has 0 spiro atoms. The van der Waals surface area contributed by atoms with Crippen LogP contribution in [-0.2, 0) is 17.8 Å². The van der Waals surface area contributed by atoms with Crippen LogP contribution < -0.4 is 5.32 Å². The Morgan fingerprint density at radius 3 is 3.07 bits per heavy atom. The standard InChI is InChI=1S/C11H12BrNO2/c12-9-2-1-7-4-10(5-11(14)15)13-6-8(7)3-9/h1-3,10,13H,4-6H2,(H,14,15). The molecular weight excluding hydrogens is 258 g/mol. The van der Waals surface area contributed by atoms with Crippen molar-refractivity contribution < 1.29 is 9.90 Å². The SMILES string of the molecule is O=C(O)CC1Cc2ccc(Br)cc2CN1. The number of carbonyl (C=O) groups is 1. The third-order valence-electron chi connectivity index (χ3n) is 2.64. The number of benzene rings is 1. The summed E-state index contributed by atoms with van der Waals surface area (Å²) in [6.07, 6.45) is 0.990. The van der Waals surface area contributed by atoms with Crippen LogP contribution in [-0.4, -0.2) is 17.1 Å². The molecule has 0 saturated heterocycles. The van der Waals surface area contributed by atoms with Gasteiger partial charge in [0.2, 0.25) is 0 Å². The molecule has 80 valence electrons. The van der Waals surface area contributed by atoms with Gasteiger partial charge in [0.1, 0.15) is 0 Å². The molecule has 1 aromatic carbocycles. The van der Waals surface area contributed by atoms with Gasteiger partial charge in [0.25, 0.3) is 0 Å². The van der Waals surface area contributed by atoms with Crippen LogP contribution in [0.1, 0.15) is 17.5 Å². The van der Waals surface area contributed by atoms with Gasteiger partial charge in [0.15, 0.2) is 0 Å². The maximum Gasteiger partial charge on any atom is 0.304 e. The molecule has 0 saturated carbocycles. The van der Waals surface area contributed by atoms with E-state index in [1.54, 1.807) is 0 Å². The number of carboxylic acid groups (broad SMARTS) is 1. The van der Waals surface area contributed by atoms with Gasteiger partial charge >= 0.3 is 5.97 Å². The molecular formula is C11H12BrNO2. The number of halogens is 1. The summed E-state index contributed by atoms with van der Waals surface area (Å²) in [5, 5.41) is 11.9. The van der Waals surface area contributed by atoms with E-state index in [1.807, 2.05) is 6.07 Å². The first-order valence-corrected chi connectivity index (χ1v) is 5.67. The highest BCUT2D eigenvalue weighted by Gasteiger charge is 2.19. The molecule has 0 aromatic heterocycles. The fraction of sp³-hybridized carbons (Fsp3) is 0.364. The van der Waals surface area contributed by atoms with Crippen LogP contribution in [0.3, 0.4) is 0 Å². The molecule has 3 nitrogen and oxygen atoms in total. The van der Waals surface area contributed by atoms with Crippen LogP contribution >= 0.6 is 15.9 Å². The molecule has 1 aliphatic rings. The zero-order valence-corrected chi connectivity index (χ0v) is 9.75. The Balaban J connectivity index is 2.13. The van der Waals surface area contributed by atoms with Crippen LogP contribution in [0.4, 0.5) is 0 Å². The molecule has 0 radical (unpaired) electrons. The van der Waals surface area contributed by atoms with Crippen molar-refractivity contribution in [1.29, 1.82) is 0 Å². The number of aliphatic carboxylic acids is 1. The highest BCUT2D eigenvalue weighted by atomic mass is 79.9. The Labute approximate surface area is 96.6 Å². The summed E-state index contributed by atoms with van der Waals surface area (Å²) < 4.78 is 1.07. The molecule has 0 aliphatic carbocycles. The van der Waals surface area contributed by atoms with Gasteiger partial charge in [0.05, 0.1) is 6.42 Å². The van der Waals surface area contributed by atoms with Crippen molar-refractivity contribution in [2.24, 2.45) is 0 Å². The highest BCUT2D eigenvalue weighted by Crippen LogP contribution is 2.22. The van der Waals surface area contributed by atoms with E-state index in [2.05, 4.69) is 33.4 Å². The lowest BCUT2D eigenvalue weighted by Crippen LogP contribution is -2.37. The van der Waals surface area contributed by atoms with E-state index >= 15 is 0 Å². The number of nitrogens with one attached hydrogen (secondary N) is 1. The zero-order valence-electron chi connectivity index (χ0n) is 8.16. The first-order chi connectivity index (χ1) is 7.15. The maximum absolute atomic E-state index is 10.6. The van der Waals surface area contributed by atoms with E-state index < -0.39 is 5.97 Å². The zero-order chi connectivity index (χ0) is 10.8. The summed E-state index contributed by atoms with van der Waals surface area (Å²) in [5.41, 5.74) is 2.51. The van der Waals surface area contributed by atoms with Gasteiger partial charge in [-0.05, 0) is 29.7 Å². The van der Waals surface area contributed by atoms with Gasteiger partial charge in [-0.1, -0.05) is 22.0 Å². The van der Waals surface area contributed by atoms with Crippen molar-refractivity contribution in [3.05, 3.63) is 33.8 Å². The van der Waals surface area contributed by atoms with Gasteiger partial charge in [-0.25, -0.2) is 0 Å². The molecule has 1 atom stereocenters. The minimum Gasteiger partial charge on any atom is -0.481 e. The molecule has 2 N–H and O–H groups in total. The third kappa shape index (κ3) is 2.58. The third-order valence-corrected chi connectivity index (χ3v) is 3.13. The van der Waals surface area contributed by atoms with Crippen molar-refractivity contribution in [2.75, 3.05) is 0 Å². The summed E-state index contributed by atoms with van der Waals surface area (Å²) in [5.74, 6) is -0.743. The first kappa shape index (κ1) is 10.6. The van der Waals surface area contributed by atoms with E-state index in [1.165, 1.54) is 11.1 Å². The molecule has 0 amide bonds. The Hall–Kier alpha value is -0.870. The van der Waals surface area contributed by atoms with Gasteiger partial charge in [0, 0.05) is 17.1 Å². The number of carboxylic acids is 1. The van der Waals surface area contributed by atoms with E-state index in [0.29, 0.717) is 0 Å². The van der Waals surface area contributed by atoms with Crippen molar-refractivity contribution in [2.45, 2.75) is 25.4 Å². The average Bonchev–Trinajstić information content (AvgIpc) is 2.17. The monoisotopic (exact) mass is 269 g/mol. The maximum atomic E-state index is 10.6.